The van der Waals surface area contributed by atoms with Gasteiger partial charge in [0.15, 0.2) is 5.82 Å². The van der Waals surface area contributed by atoms with E-state index < -0.39 is 0 Å². The van der Waals surface area contributed by atoms with Gasteiger partial charge in [-0.1, -0.05) is 44.8 Å². The van der Waals surface area contributed by atoms with Gasteiger partial charge in [0.25, 0.3) is 0 Å². The number of amides is 1. The van der Waals surface area contributed by atoms with Crippen LogP contribution >= 0.6 is 24.4 Å². The normalized spacial score (nSPS) is 12.2. The van der Waals surface area contributed by atoms with Crippen molar-refractivity contribution in [1.82, 2.24) is 19.7 Å². The number of rotatable bonds is 8. The number of fused-ring (bicyclic) bond motifs is 1. The van der Waals surface area contributed by atoms with E-state index in [0.29, 0.717) is 12.5 Å². The van der Waals surface area contributed by atoms with E-state index in [1.165, 1.54) is 31.3 Å². The van der Waals surface area contributed by atoms with Gasteiger partial charge < -0.3 is 28.7 Å². The van der Waals surface area contributed by atoms with E-state index in [-0.39, 0.29) is 88.8 Å². The first kappa shape index (κ1) is 49.1. The maximum absolute atomic E-state index is 8.58. The summed E-state index contributed by atoms with van der Waals surface area (Å²) < 4.78 is 1.82. The second-order valence-corrected chi connectivity index (χ2v) is 10.5. The number of benzene rings is 1. The largest absolute Gasteiger partial charge is 1.00 e. The van der Waals surface area contributed by atoms with E-state index in [1.54, 1.807) is 18.0 Å². The number of nitrogens with zero attached hydrogens (tertiary/aromatic N) is 5. The van der Waals surface area contributed by atoms with Gasteiger partial charge >= 0.3 is 68.9 Å². The van der Waals surface area contributed by atoms with Crippen LogP contribution in [0.15, 0.2) is 42.2 Å². The summed E-state index contributed by atoms with van der Waals surface area (Å²) in [5.41, 5.74) is 8.48. The molecule has 1 fully saturated rings. The third-order valence-corrected chi connectivity index (χ3v) is 6.30. The van der Waals surface area contributed by atoms with Crippen LogP contribution in [0.3, 0.4) is 0 Å². The third-order valence-electron chi connectivity index (χ3n) is 6.30. The molecule has 3 aromatic rings. The fraction of sp³-hybridized carbons (Fsp3) is 0.500. The summed E-state index contributed by atoms with van der Waals surface area (Å²) >= 11 is 5.28. The summed E-state index contributed by atoms with van der Waals surface area (Å²) in [6.45, 7) is 13.2. The van der Waals surface area contributed by atoms with Crippen LogP contribution in [0, 0.1) is 19.8 Å². The average molecular weight is 791 g/mol. The van der Waals surface area contributed by atoms with E-state index in [0.717, 1.165) is 47.6 Å². The molecule has 1 atom stereocenters. The zero-order valence-corrected chi connectivity index (χ0v) is 37.9. The molecule has 1 amide bonds. The standard InChI is InChI=1S/C26H33N7.C3H8.C2H6S.CH3NO.CH4S.CH3.Cs/c1-5-13-33-23-16-22(12-11-21(23)17-28-33)30-26-27-18-24(32-14-9-8-10-15-32)25(31-26)29-19(4)20(6-2)7-3;2*1-3-2;2-1-3;1-2;;/h1,6,11-12,16-19H,7-10,13-15H2,2-4H3,(H2,27,29,30,31);3H2,1-2H3;1-2H3;1H,(H2,2,3);2H,1H3;1H3;/q;;;;;-1;+1/b20-6+;;;;;;. The number of allylic oxidation sites excluding steroid dienone is 1. The van der Waals surface area contributed by atoms with Gasteiger partial charge in [0, 0.05) is 30.2 Å². The Morgan fingerprint density at radius 2 is 1.76 bits per heavy atom. The number of nitrogens with two attached hydrogens (primary N) is 1. The fourth-order valence-corrected chi connectivity index (χ4v) is 4.46. The van der Waals surface area contributed by atoms with Crippen LogP contribution in [0.2, 0.25) is 0 Å². The number of carbonyl (C=O) groups excluding carboxylic acids is 1. The summed E-state index contributed by atoms with van der Waals surface area (Å²) in [7, 11) is 0. The Labute approximate surface area is 348 Å². The molecular formula is C34H57CsN8OS2. The number of hydrogen-bond donors (Lipinski definition) is 4. The molecule has 0 spiro atoms. The van der Waals surface area contributed by atoms with E-state index >= 15 is 0 Å². The minimum Gasteiger partial charge on any atom is -0.372 e. The molecule has 1 unspecified atom stereocenters. The van der Waals surface area contributed by atoms with Crippen LogP contribution in [0.4, 0.5) is 23.1 Å². The van der Waals surface area contributed by atoms with Crippen molar-refractivity contribution in [1.29, 1.82) is 0 Å². The van der Waals surface area contributed by atoms with Gasteiger partial charge in [0.2, 0.25) is 12.4 Å². The SMILES string of the molecule is C#CCn1ncc2ccc(Nc3ncc(N4CCCCC4)c(NC(C)/C(=C/C)CC)n3)cc21.CCC.CS.CSC.NC=O.[CH3-].[Cs+]. The summed E-state index contributed by atoms with van der Waals surface area (Å²) in [6, 6.07) is 6.27. The molecule has 1 aromatic carbocycles. The number of thiol groups is 1. The van der Waals surface area contributed by atoms with E-state index in [4.69, 9.17) is 16.2 Å². The maximum Gasteiger partial charge on any atom is 1.00 e. The zero-order chi connectivity index (χ0) is 33.3. The molecule has 2 aromatic heterocycles. The number of carbonyl (C=O) groups is 1. The van der Waals surface area contributed by atoms with Gasteiger partial charge in [-0.3, -0.25) is 9.48 Å². The number of piperidine rings is 1. The topological polar surface area (TPSA) is 114 Å². The molecule has 4 N–H and O–H groups in total. The molecule has 12 heteroatoms. The molecule has 3 heterocycles. The van der Waals surface area contributed by atoms with Crippen LogP contribution in [0.25, 0.3) is 10.9 Å². The predicted molar refractivity (Wildman–Crippen MR) is 204 cm³/mol. The van der Waals surface area contributed by atoms with Gasteiger partial charge in [-0.15, -0.1) is 6.42 Å². The number of terminal acetylenes is 1. The van der Waals surface area contributed by atoms with Crippen LogP contribution in [-0.2, 0) is 11.3 Å². The first-order valence-electron chi connectivity index (χ1n) is 15.1. The Kier molecular flexibility index (Phi) is 33.1. The Balaban J connectivity index is -0.00000126. The van der Waals surface area contributed by atoms with Crippen molar-refractivity contribution in [2.75, 3.05) is 47.4 Å². The van der Waals surface area contributed by atoms with Crippen molar-refractivity contribution in [3.05, 3.63) is 49.7 Å². The van der Waals surface area contributed by atoms with Crippen LogP contribution in [0.1, 0.15) is 66.7 Å². The average Bonchev–Trinajstić information content (AvgIpc) is 3.43. The van der Waals surface area contributed by atoms with Crippen molar-refractivity contribution in [3.8, 4) is 12.3 Å². The van der Waals surface area contributed by atoms with E-state index in [2.05, 4.69) is 90.6 Å². The number of aromatic nitrogens is 4. The van der Waals surface area contributed by atoms with Gasteiger partial charge in [-0.25, -0.2) is 4.98 Å². The third kappa shape index (κ3) is 17.7. The molecule has 4 rings (SSSR count). The maximum atomic E-state index is 8.58. The fourth-order valence-electron chi connectivity index (χ4n) is 4.46. The minimum atomic E-state index is 0. The van der Waals surface area contributed by atoms with Gasteiger partial charge in [-0.05, 0) is 76.5 Å². The van der Waals surface area contributed by atoms with E-state index in [9.17, 15) is 0 Å². The number of nitrogens with one attached hydrogen (secondary N) is 2. The van der Waals surface area contributed by atoms with Crippen LogP contribution in [-0.4, -0.2) is 64.1 Å². The smallest absolute Gasteiger partial charge is 0.372 e. The first-order valence-corrected chi connectivity index (χ1v) is 17.6. The van der Waals surface area contributed by atoms with Gasteiger partial charge in [0.1, 0.15) is 6.54 Å². The molecule has 46 heavy (non-hydrogen) atoms. The first-order chi connectivity index (χ1) is 21.4. The number of anilines is 4. The molecule has 252 valence electrons. The summed E-state index contributed by atoms with van der Waals surface area (Å²) in [6.07, 6.45) is 23.4. The summed E-state index contributed by atoms with van der Waals surface area (Å²) in [4.78, 5) is 20.5. The van der Waals surface area contributed by atoms with E-state index in [1.807, 2.05) is 47.8 Å². The molecule has 9 nitrogen and oxygen atoms in total. The second-order valence-electron chi connectivity index (χ2n) is 9.71. The number of hydrogen-bond acceptors (Lipinski definition) is 9. The van der Waals surface area contributed by atoms with Crippen LogP contribution in [0.5, 0.6) is 0 Å². The monoisotopic (exact) mass is 790 g/mol. The summed E-state index contributed by atoms with van der Waals surface area (Å²) in [5.74, 6) is 4.08. The Bertz CT molecular complexity index is 1270. The Morgan fingerprint density at radius 3 is 2.28 bits per heavy atom. The van der Waals surface area contributed by atoms with Gasteiger partial charge in [0.05, 0.1) is 23.6 Å². The molecule has 0 radical (unpaired) electrons. The molecule has 0 aliphatic carbocycles. The molecule has 0 saturated carbocycles. The summed E-state index contributed by atoms with van der Waals surface area (Å²) in [5, 5.41) is 12.4. The molecule has 0 bridgehead atoms. The number of thioether (sulfide) groups is 1. The Morgan fingerprint density at radius 1 is 1.17 bits per heavy atom. The Hall–Kier alpha value is -1.31. The molecule has 1 aliphatic heterocycles. The van der Waals surface area contributed by atoms with Crippen molar-refractivity contribution < 1.29 is 73.7 Å². The van der Waals surface area contributed by atoms with Crippen LogP contribution < -0.4 is 90.2 Å². The second kappa shape index (κ2) is 31.0. The number of primary amides is 1. The van der Waals surface area contributed by atoms with Crippen molar-refractivity contribution in [3.63, 3.8) is 0 Å². The predicted octanol–water partition coefficient (Wildman–Crippen LogP) is 4.85. The zero-order valence-electron chi connectivity index (χ0n) is 29.9. The molecular weight excluding hydrogens is 733 g/mol. The van der Waals surface area contributed by atoms with Crippen molar-refractivity contribution in [2.45, 2.75) is 79.3 Å². The van der Waals surface area contributed by atoms with Crippen molar-refractivity contribution >= 4 is 64.8 Å². The molecule has 1 aliphatic rings. The minimum absolute atomic E-state index is 0. The molecule has 1 saturated heterocycles. The quantitative estimate of drug-likeness (QED) is 0.0844. The van der Waals surface area contributed by atoms with Crippen molar-refractivity contribution in [2.24, 2.45) is 5.73 Å². The van der Waals surface area contributed by atoms with Gasteiger partial charge in [-0.2, -0.15) is 34.5 Å².